The maximum atomic E-state index is 12.5. The molecule has 1 heterocycles. The Balaban J connectivity index is 1.61. The van der Waals surface area contributed by atoms with E-state index in [2.05, 4.69) is 21.2 Å². The first-order valence-electron chi connectivity index (χ1n) is 8.49. The highest BCUT2D eigenvalue weighted by Crippen LogP contribution is 2.25. The number of nitrogens with one attached hydrogen (secondary N) is 1. The number of halogens is 1. The second kappa shape index (κ2) is 8.72. The fourth-order valence-electron chi connectivity index (χ4n) is 2.62. The van der Waals surface area contributed by atoms with Gasteiger partial charge >= 0.3 is 0 Å². The second-order valence-corrected chi connectivity index (χ2v) is 6.68. The highest BCUT2D eigenvalue weighted by molar-refractivity contribution is 9.10. The number of hydrogen-bond acceptors (Lipinski definition) is 3. The van der Waals surface area contributed by atoms with Crippen LogP contribution >= 0.6 is 15.9 Å². The van der Waals surface area contributed by atoms with Crippen molar-refractivity contribution < 1.29 is 13.9 Å². The quantitative estimate of drug-likeness (QED) is 0.555. The van der Waals surface area contributed by atoms with E-state index in [1.807, 2.05) is 61.5 Å². The zero-order valence-electron chi connectivity index (χ0n) is 14.4. The Bertz CT molecular complexity index is 860. The third-order valence-corrected chi connectivity index (χ3v) is 4.66. The van der Waals surface area contributed by atoms with Crippen molar-refractivity contribution in [1.29, 1.82) is 0 Å². The molecule has 5 heteroatoms. The summed E-state index contributed by atoms with van der Waals surface area (Å²) in [7, 11) is 0. The van der Waals surface area contributed by atoms with E-state index < -0.39 is 0 Å². The molecule has 4 nitrogen and oxygen atoms in total. The van der Waals surface area contributed by atoms with Gasteiger partial charge in [0, 0.05) is 0 Å². The van der Waals surface area contributed by atoms with Gasteiger partial charge in [-0.25, -0.2) is 0 Å². The molecule has 1 atom stereocenters. The lowest BCUT2D eigenvalue weighted by Crippen LogP contribution is -2.27. The Hall–Kier alpha value is -2.53. The van der Waals surface area contributed by atoms with Crippen LogP contribution < -0.4 is 10.1 Å². The molecule has 0 saturated heterocycles. The summed E-state index contributed by atoms with van der Waals surface area (Å²) in [4.78, 5) is 12.5. The van der Waals surface area contributed by atoms with Gasteiger partial charge in [0.05, 0.1) is 10.5 Å². The molecular formula is C21H20BrNO3. The molecule has 134 valence electrons. The molecule has 1 aromatic heterocycles. The molecule has 1 N–H and O–H groups in total. The van der Waals surface area contributed by atoms with Gasteiger partial charge in [-0.05, 0) is 52.2 Å². The van der Waals surface area contributed by atoms with Gasteiger partial charge in [0.25, 0.3) is 5.91 Å². The first-order valence-corrected chi connectivity index (χ1v) is 9.28. The zero-order valence-corrected chi connectivity index (χ0v) is 16.0. The Labute approximate surface area is 161 Å². The summed E-state index contributed by atoms with van der Waals surface area (Å²) in [6, 6.07) is 20.9. The van der Waals surface area contributed by atoms with Crippen LogP contribution in [0, 0.1) is 0 Å². The summed E-state index contributed by atoms with van der Waals surface area (Å²) in [6.07, 6.45) is 0.800. The van der Waals surface area contributed by atoms with Crippen molar-refractivity contribution in [2.45, 2.75) is 26.0 Å². The lowest BCUT2D eigenvalue weighted by molar-refractivity contribution is 0.0903. The molecule has 0 radical (unpaired) electrons. The lowest BCUT2D eigenvalue weighted by Gasteiger charge is -2.16. The fraction of sp³-hybridized carbons (Fsp3) is 0.190. The Kier molecular flexibility index (Phi) is 6.12. The Morgan fingerprint density at radius 2 is 1.81 bits per heavy atom. The van der Waals surface area contributed by atoms with Gasteiger partial charge in [-0.1, -0.05) is 49.4 Å². The topological polar surface area (TPSA) is 51.5 Å². The van der Waals surface area contributed by atoms with E-state index in [9.17, 15) is 4.79 Å². The van der Waals surface area contributed by atoms with Crippen molar-refractivity contribution in [2.75, 3.05) is 0 Å². The number of benzene rings is 2. The molecule has 0 aliphatic rings. The van der Waals surface area contributed by atoms with Crippen molar-refractivity contribution >= 4 is 21.8 Å². The molecule has 2 aromatic carbocycles. The smallest absolute Gasteiger partial charge is 0.287 e. The average Bonchev–Trinajstić information content (AvgIpc) is 3.15. The van der Waals surface area contributed by atoms with Crippen LogP contribution in [-0.2, 0) is 6.61 Å². The van der Waals surface area contributed by atoms with Gasteiger partial charge in [0.2, 0.25) is 0 Å². The van der Waals surface area contributed by atoms with Crippen LogP contribution in [0.2, 0.25) is 0 Å². The number of ether oxygens (including phenoxy) is 1. The summed E-state index contributed by atoms with van der Waals surface area (Å²) >= 11 is 3.44. The molecule has 0 spiro atoms. The SMILES string of the molecule is CCC(NC(=O)c1ccc(COc2ccccc2Br)o1)c1ccccc1. The highest BCUT2D eigenvalue weighted by atomic mass is 79.9. The third kappa shape index (κ3) is 4.55. The number of carbonyl (C=O) groups is 1. The molecule has 0 aliphatic carbocycles. The first-order chi connectivity index (χ1) is 12.7. The molecule has 0 bridgehead atoms. The number of carbonyl (C=O) groups excluding carboxylic acids is 1. The number of hydrogen-bond donors (Lipinski definition) is 1. The molecular weight excluding hydrogens is 394 g/mol. The van der Waals surface area contributed by atoms with Crippen LogP contribution in [0.5, 0.6) is 5.75 Å². The van der Waals surface area contributed by atoms with Gasteiger partial charge in [-0.15, -0.1) is 0 Å². The normalized spacial score (nSPS) is 11.8. The standard InChI is InChI=1S/C21H20BrNO3/c1-2-18(15-8-4-3-5-9-15)23-21(24)20-13-12-16(26-20)14-25-19-11-7-6-10-17(19)22/h3-13,18H,2,14H2,1H3,(H,23,24). The van der Waals surface area contributed by atoms with Crippen LogP contribution in [0.3, 0.4) is 0 Å². The first kappa shape index (κ1) is 18.3. The molecule has 3 aromatic rings. The minimum atomic E-state index is -0.229. The average molecular weight is 414 g/mol. The fourth-order valence-corrected chi connectivity index (χ4v) is 3.02. The number of rotatable bonds is 7. The molecule has 26 heavy (non-hydrogen) atoms. The van der Waals surface area contributed by atoms with Crippen LogP contribution in [-0.4, -0.2) is 5.91 Å². The third-order valence-electron chi connectivity index (χ3n) is 4.01. The van der Waals surface area contributed by atoms with Crippen LogP contribution in [0.4, 0.5) is 0 Å². The number of para-hydroxylation sites is 1. The summed E-state index contributed by atoms with van der Waals surface area (Å²) < 4.78 is 12.2. The highest BCUT2D eigenvalue weighted by Gasteiger charge is 2.17. The van der Waals surface area contributed by atoms with Crippen molar-refractivity contribution in [1.82, 2.24) is 5.32 Å². The predicted octanol–water partition coefficient (Wildman–Crippen LogP) is 5.50. The van der Waals surface area contributed by atoms with E-state index in [-0.39, 0.29) is 24.3 Å². The number of furan rings is 1. The minimum absolute atomic E-state index is 0.0474. The second-order valence-electron chi connectivity index (χ2n) is 5.83. The van der Waals surface area contributed by atoms with Crippen molar-refractivity contribution in [3.05, 3.63) is 88.3 Å². The van der Waals surface area contributed by atoms with Crippen LogP contribution in [0.15, 0.2) is 75.6 Å². The van der Waals surface area contributed by atoms with E-state index in [4.69, 9.17) is 9.15 Å². The van der Waals surface area contributed by atoms with Gasteiger partial charge in [0.15, 0.2) is 5.76 Å². The van der Waals surface area contributed by atoms with E-state index in [0.717, 1.165) is 22.2 Å². The lowest BCUT2D eigenvalue weighted by atomic mass is 10.0. The van der Waals surface area contributed by atoms with Gasteiger partial charge in [-0.2, -0.15) is 0 Å². The maximum Gasteiger partial charge on any atom is 0.287 e. The summed E-state index contributed by atoms with van der Waals surface area (Å²) in [5, 5.41) is 3.01. The maximum absolute atomic E-state index is 12.5. The van der Waals surface area contributed by atoms with Crippen LogP contribution in [0.25, 0.3) is 0 Å². The molecule has 3 rings (SSSR count). The van der Waals surface area contributed by atoms with E-state index in [1.54, 1.807) is 12.1 Å². The Morgan fingerprint density at radius 1 is 1.08 bits per heavy atom. The zero-order chi connectivity index (χ0) is 18.4. The Morgan fingerprint density at radius 3 is 2.54 bits per heavy atom. The van der Waals surface area contributed by atoms with Gasteiger partial charge in [-0.3, -0.25) is 4.79 Å². The van der Waals surface area contributed by atoms with Crippen molar-refractivity contribution in [3.8, 4) is 5.75 Å². The summed E-state index contributed by atoms with van der Waals surface area (Å²) in [5.41, 5.74) is 1.08. The monoisotopic (exact) mass is 413 g/mol. The van der Waals surface area contributed by atoms with E-state index >= 15 is 0 Å². The van der Waals surface area contributed by atoms with Crippen molar-refractivity contribution in [2.24, 2.45) is 0 Å². The van der Waals surface area contributed by atoms with Gasteiger partial charge in [0.1, 0.15) is 18.1 Å². The molecule has 0 saturated carbocycles. The van der Waals surface area contributed by atoms with E-state index in [1.165, 1.54) is 0 Å². The molecule has 1 unspecified atom stereocenters. The summed E-state index contributed by atoms with van der Waals surface area (Å²) in [5.74, 6) is 1.38. The van der Waals surface area contributed by atoms with Crippen LogP contribution in [0.1, 0.15) is 41.3 Å². The number of amides is 1. The predicted molar refractivity (Wildman–Crippen MR) is 104 cm³/mol. The van der Waals surface area contributed by atoms with Gasteiger partial charge < -0.3 is 14.5 Å². The van der Waals surface area contributed by atoms with Crippen molar-refractivity contribution in [3.63, 3.8) is 0 Å². The largest absolute Gasteiger partial charge is 0.484 e. The minimum Gasteiger partial charge on any atom is -0.484 e. The molecule has 0 aliphatic heterocycles. The van der Waals surface area contributed by atoms with E-state index in [0.29, 0.717) is 5.76 Å². The summed E-state index contributed by atoms with van der Waals surface area (Å²) in [6.45, 7) is 2.29. The molecule has 0 fully saturated rings. The molecule has 1 amide bonds.